The summed E-state index contributed by atoms with van der Waals surface area (Å²) in [7, 11) is 0. The average Bonchev–Trinajstić information content (AvgIpc) is 3.33. The third-order valence-electron chi connectivity index (χ3n) is 6.36. The number of thiocarbonyl (C=S) groups is 1. The summed E-state index contributed by atoms with van der Waals surface area (Å²) in [5, 5.41) is 8.33. The van der Waals surface area contributed by atoms with Gasteiger partial charge in [-0.05, 0) is 73.9 Å². The van der Waals surface area contributed by atoms with Gasteiger partial charge < -0.3 is 14.7 Å². The van der Waals surface area contributed by atoms with Crippen molar-refractivity contribution in [1.29, 1.82) is 0 Å². The van der Waals surface area contributed by atoms with Gasteiger partial charge in [0.05, 0.1) is 18.2 Å². The maximum atomic E-state index is 13.4. The molecule has 0 aliphatic carbocycles. The highest BCUT2D eigenvalue weighted by Crippen LogP contribution is 2.38. The topological polar surface area (TPSA) is 54.2 Å². The van der Waals surface area contributed by atoms with Crippen molar-refractivity contribution in [3.8, 4) is 11.4 Å². The van der Waals surface area contributed by atoms with Crippen LogP contribution in [0.5, 0.6) is 0 Å². The molecule has 1 aliphatic rings. The van der Waals surface area contributed by atoms with E-state index in [2.05, 4.69) is 65.6 Å². The minimum Gasteiger partial charge on any atom is -0.351 e. The number of nitrogens with zero attached hydrogens (tertiary/aromatic N) is 3. The van der Waals surface area contributed by atoms with Crippen LogP contribution in [0.25, 0.3) is 17.0 Å². The van der Waals surface area contributed by atoms with E-state index in [1.807, 2.05) is 19.1 Å². The van der Waals surface area contributed by atoms with Gasteiger partial charge in [-0.2, -0.15) is 4.98 Å². The smallest absolute Gasteiger partial charge is 0.258 e. The number of aryl methyl sites for hydroxylation is 2. The number of rotatable bonds is 5. The molecule has 3 aromatic carbocycles. The van der Waals surface area contributed by atoms with Crippen LogP contribution in [-0.4, -0.2) is 20.2 Å². The van der Waals surface area contributed by atoms with E-state index in [-0.39, 0.29) is 11.9 Å². The fourth-order valence-corrected chi connectivity index (χ4v) is 4.58. The number of allylic oxidation sites excluding steroid dienone is 1. The molecule has 0 amide bonds. The molecular weight excluding hydrogens is 459 g/mol. The Morgan fingerprint density at radius 3 is 2.40 bits per heavy atom. The van der Waals surface area contributed by atoms with Crippen molar-refractivity contribution in [2.45, 2.75) is 33.4 Å². The van der Waals surface area contributed by atoms with E-state index < -0.39 is 0 Å². The summed E-state index contributed by atoms with van der Waals surface area (Å²) in [5.41, 5.74) is 7.08. The third kappa shape index (κ3) is 4.59. The highest BCUT2D eigenvalue weighted by Gasteiger charge is 2.34. The first kappa shape index (κ1) is 22.9. The van der Waals surface area contributed by atoms with Crippen LogP contribution >= 0.6 is 12.2 Å². The Balaban J connectivity index is 1.60. The fraction of sp³-hybridized carbons (Fsp3) is 0.179. The van der Waals surface area contributed by atoms with Crippen LogP contribution in [0.15, 0.2) is 83.0 Å². The lowest BCUT2D eigenvalue weighted by Gasteiger charge is -2.37. The summed E-state index contributed by atoms with van der Waals surface area (Å²) in [5.74, 6) is 0.492. The van der Waals surface area contributed by atoms with Gasteiger partial charge in [-0.25, -0.2) is 4.39 Å². The lowest BCUT2D eigenvalue weighted by atomic mass is 9.94. The second kappa shape index (κ2) is 9.43. The maximum Gasteiger partial charge on any atom is 0.258 e. The SMILES string of the molecule is CC1=C(c2nc(-c3ccc(F)cc3)no2)C(c2ccc(C)cc2)NC(=S)N1Cc1ccccc1C. The molecule has 1 aliphatic heterocycles. The monoisotopic (exact) mass is 484 g/mol. The molecule has 1 N–H and O–H groups in total. The molecule has 0 spiro atoms. The van der Waals surface area contributed by atoms with Crippen LogP contribution in [0.2, 0.25) is 0 Å². The second-order valence-corrected chi connectivity index (χ2v) is 9.12. The standard InChI is InChI=1S/C28H25FN4OS/c1-17-8-10-20(11-9-17)25-24(27-31-26(32-34-27)21-12-14-23(29)15-13-21)19(3)33(28(35)30-25)16-22-7-5-4-6-18(22)2/h4-15,25H,16H2,1-3H3,(H,30,35). The Morgan fingerprint density at radius 2 is 1.69 bits per heavy atom. The Bertz CT molecular complexity index is 1410. The summed E-state index contributed by atoms with van der Waals surface area (Å²) < 4.78 is 19.2. The summed E-state index contributed by atoms with van der Waals surface area (Å²) >= 11 is 5.82. The van der Waals surface area contributed by atoms with Crippen molar-refractivity contribution in [2.24, 2.45) is 0 Å². The summed E-state index contributed by atoms with van der Waals surface area (Å²) in [6.45, 7) is 6.80. The molecule has 0 saturated heterocycles. The summed E-state index contributed by atoms with van der Waals surface area (Å²) in [6, 6.07) is 22.4. The van der Waals surface area contributed by atoms with Crippen molar-refractivity contribution >= 4 is 22.9 Å². The van der Waals surface area contributed by atoms with E-state index in [4.69, 9.17) is 21.7 Å². The number of hydrogen-bond acceptors (Lipinski definition) is 4. The first-order chi connectivity index (χ1) is 16.9. The zero-order valence-electron chi connectivity index (χ0n) is 19.7. The van der Waals surface area contributed by atoms with Gasteiger partial charge in [0.2, 0.25) is 5.82 Å². The molecule has 0 radical (unpaired) electrons. The quantitative estimate of drug-likeness (QED) is 0.333. The zero-order chi connectivity index (χ0) is 24.5. The molecule has 35 heavy (non-hydrogen) atoms. The van der Waals surface area contributed by atoms with E-state index in [1.165, 1.54) is 28.8 Å². The van der Waals surface area contributed by atoms with Crippen molar-refractivity contribution in [3.05, 3.63) is 112 Å². The minimum absolute atomic E-state index is 0.252. The van der Waals surface area contributed by atoms with Crippen LogP contribution in [0, 0.1) is 19.7 Å². The van der Waals surface area contributed by atoms with Crippen molar-refractivity contribution in [1.82, 2.24) is 20.4 Å². The molecule has 1 unspecified atom stereocenters. The molecule has 0 fully saturated rings. The third-order valence-corrected chi connectivity index (χ3v) is 6.69. The molecule has 0 bridgehead atoms. The summed E-state index contributed by atoms with van der Waals surface area (Å²) in [6.07, 6.45) is 0. The Kier molecular flexibility index (Phi) is 6.17. The van der Waals surface area contributed by atoms with Crippen LogP contribution in [0.4, 0.5) is 4.39 Å². The van der Waals surface area contributed by atoms with Gasteiger partial charge in [0.25, 0.3) is 5.89 Å². The van der Waals surface area contributed by atoms with Crippen molar-refractivity contribution in [3.63, 3.8) is 0 Å². The molecular formula is C28H25FN4OS. The molecule has 1 atom stereocenters. The number of aromatic nitrogens is 2. The first-order valence-corrected chi connectivity index (χ1v) is 11.8. The van der Waals surface area contributed by atoms with Gasteiger partial charge in [0.15, 0.2) is 5.11 Å². The number of nitrogens with one attached hydrogen (secondary N) is 1. The second-order valence-electron chi connectivity index (χ2n) is 8.73. The Hall–Kier alpha value is -3.84. The number of halogens is 1. The van der Waals surface area contributed by atoms with E-state index >= 15 is 0 Å². The van der Waals surface area contributed by atoms with Gasteiger partial charge >= 0.3 is 0 Å². The Labute approximate surface area is 209 Å². The number of benzene rings is 3. The van der Waals surface area contributed by atoms with Crippen LogP contribution in [0.1, 0.15) is 41.1 Å². The Morgan fingerprint density at radius 1 is 0.971 bits per heavy atom. The minimum atomic E-state index is -0.313. The molecule has 176 valence electrons. The molecule has 4 aromatic rings. The molecule has 0 saturated carbocycles. The molecule has 5 nitrogen and oxygen atoms in total. The lowest BCUT2D eigenvalue weighted by molar-refractivity contribution is 0.396. The lowest BCUT2D eigenvalue weighted by Crippen LogP contribution is -2.45. The van der Waals surface area contributed by atoms with Crippen molar-refractivity contribution in [2.75, 3.05) is 0 Å². The van der Waals surface area contributed by atoms with Crippen molar-refractivity contribution < 1.29 is 8.91 Å². The van der Waals surface area contributed by atoms with Gasteiger partial charge in [-0.1, -0.05) is 59.3 Å². The molecule has 7 heteroatoms. The van der Waals surface area contributed by atoms with Gasteiger partial charge in [0, 0.05) is 11.3 Å². The largest absolute Gasteiger partial charge is 0.351 e. The predicted molar refractivity (Wildman–Crippen MR) is 139 cm³/mol. The maximum absolute atomic E-state index is 13.4. The van der Waals surface area contributed by atoms with E-state index in [0.717, 1.165) is 16.8 Å². The van der Waals surface area contributed by atoms with E-state index in [0.29, 0.717) is 28.9 Å². The molecule has 2 heterocycles. The highest BCUT2D eigenvalue weighted by molar-refractivity contribution is 7.80. The van der Waals surface area contributed by atoms with Crippen LogP contribution in [0.3, 0.4) is 0 Å². The van der Waals surface area contributed by atoms with E-state index in [9.17, 15) is 4.39 Å². The van der Waals surface area contributed by atoms with E-state index in [1.54, 1.807) is 12.1 Å². The van der Waals surface area contributed by atoms with Crippen LogP contribution < -0.4 is 5.32 Å². The zero-order valence-corrected chi connectivity index (χ0v) is 20.6. The molecule has 5 rings (SSSR count). The van der Waals surface area contributed by atoms with Gasteiger partial charge in [-0.3, -0.25) is 0 Å². The highest BCUT2D eigenvalue weighted by atomic mass is 32.1. The first-order valence-electron chi connectivity index (χ1n) is 11.4. The van der Waals surface area contributed by atoms with Crippen LogP contribution in [-0.2, 0) is 6.54 Å². The molecule has 1 aromatic heterocycles. The normalized spacial score (nSPS) is 15.9. The predicted octanol–water partition coefficient (Wildman–Crippen LogP) is 6.36. The van der Waals surface area contributed by atoms with Gasteiger partial charge in [0.1, 0.15) is 5.82 Å². The van der Waals surface area contributed by atoms with Gasteiger partial charge in [-0.15, -0.1) is 0 Å². The number of hydrogen-bond donors (Lipinski definition) is 1. The average molecular weight is 485 g/mol. The fourth-order valence-electron chi connectivity index (χ4n) is 4.26. The summed E-state index contributed by atoms with van der Waals surface area (Å²) in [4.78, 5) is 6.76.